The van der Waals surface area contributed by atoms with Crippen molar-refractivity contribution in [2.24, 2.45) is 5.92 Å². The van der Waals surface area contributed by atoms with Crippen LogP contribution < -0.4 is 0 Å². The van der Waals surface area contributed by atoms with Crippen LogP contribution in [0.2, 0.25) is 0 Å². The Labute approximate surface area is 92.5 Å². The van der Waals surface area contributed by atoms with Crippen LogP contribution >= 0.6 is 0 Å². The predicted molar refractivity (Wildman–Crippen MR) is 60.7 cm³/mol. The topological polar surface area (TPSA) is 40.5 Å². The normalized spacial score (nSPS) is 34.1. The van der Waals surface area contributed by atoms with E-state index in [1.54, 1.807) is 0 Å². The number of rotatable bonds is 1. The van der Waals surface area contributed by atoms with E-state index in [1.807, 2.05) is 6.92 Å². The van der Waals surface area contributed by atoms with E-state index in [2.05, 4.69) is 25.7 Å². The lowest BCUT2D eigenvalue weighted by atomic mass is 9.78. The highest BCUT2D eigenvalue weighted by molar-refractivity contribution is 5.85. The van der Waals surface area contributed by atoms with Gasteiger partial charge in [0.25, 0.3) is 0 Å². The summed E-state index contributed by atoms with van der Waals surface area (Å²) in [4.78, 5) is 13.7. The lowest BCUT2D eigenvalue weighted by Gasteiger charge is -2.47. The Kier molecular flexibility index (Phi) is 3.27. The van der Waals surface area contributed by atoms with Gasteiger partial charge in [-0.1, -0.05) is 6.92 Å². The molecule has 1 fully saturated rings. The van der Waals surface area contributed by atoms with Gasteiger partial charge < -0.3 is 5.11 Å². The molecule has 1 aliphatic heterocycles. The molecular formula is C12H23NO2. The minimum Gasteiger partial charge on any atom is -0.382 e. The van der Waals surface area contributed by atoms with Gasteiger partial charge in [-0.3, -0.25) is 9.69 Å². The van der Waals surface area contributed by atoms with Crippen molar-refractivity contribution in [3.05, 3.63) is 0 Å². The van der Waals surface area contributed by atoms with Crippen molar-refractivity contribution in [3.63, 3.8) is 0 Å². The maximum absolute atomic E-state index is 11.4. The molecule has 0 amide bonds. The van der Waals surface area contributed by atoms with E-state index < -0.39 is 5.60 Å². The number of piperidine rings is 1. The molecule has 3 nitrogen and oxygen atoms in total. The quantitative estimate of drug-likeness (QED) is 0.716. The van der Waals surface area contributed by atoms with Gasteiger partial charge in [-0.15, -0.1) is 0 Å². The highest BCUT2D eigenvalue weighted by Gasteiger charge is 2.44. The summed E-state index contributed by atoms with van der Waals surface area (Å²) in [6.45, 7) is 11.5. The third-order valence-corrected chi connectivity index (χ3v) is 3.63. The molecule has 2 atom stereocenters. The summed E-state index contributed by atoms with van der Waals surface area (Å²) < 4.78 is 0. The maximum atomic E-state index is 11.4. The van der Waals surface area contributed by atoms with Crippen molar-refractivity contribution in [2.75, 3.05) is 13.1 Å². The third kappa shape index (κ3) is 2.40. The fourth-order valence-electron chi connectivity index (χ4n) is 2.26. The summed E-state index contributed by atoms with van der Waals surface area (Å²) in [6, 6.07) is 0. The first-order valence-corrected chi connectivity index (χ1v) is 5.66. The molecule has 3 heteroatoms. The summed E-state index contributed by atoms with van der Waals surface area (Å²) in [5.41, 5.74) is -0.978. The zero-order valence-corrected chi connectivity index (χ0v) is 10.5. The fraction of sp³-hybridized carbons (Fsp3) is 0.917. The predicted octanol–water partition coefficient (Wildman–Crippen LogP) is 1.45. The molecule has 0 bridgehead atoms. The van der Waals surface area contributed by atoms with Gasteiger partial charge in [-0.25, -0.2) is 0 Å². The molecule has 0 aliphatic carbocycles. The lowest BCUT2D eigenvalue weighted by Crippen LogP contribution is -2.58. The average Bonchev–Trinajstić information content (AvgIpc) is 2.07. The van der Waals surface area contributed by atoms with Crippen LogP contribution in [0.25, 0.3) is 0 Å². The first-order chi connectivity index (χ1) is 6.68. The van der Waals surface area contributed by atoms with Gasteiger partial charge in [-0.2, -0.15) is 0 Å². The van der Waals surface area contributed by atoms with Crippen molar-refractivity contribution in [1.29, 1.82) is 0 Å². The molecule has 1 aliphatic rings. The van der Waals surface area contributed by atoms with Crippen LogP contribution in [0, 0.1) is 5.92 Å². The van der Waals surface area contributed by atoms with Gasteiger partial charge in [0.05, 0.1) is 0 Å². The van der Waals surface area contributed by atoms with E-state index >= 15 is 0 Å². The monoisotopic (exact) mass is 213 g/mol. The van der Waals surface area contributed by atoms with E-state index in [0.717, 1.165) is 13.1 Å². The molecule has 1 heterocycles. The lowest BCUT2D eigenvalue weighted by molar-refractivity contribution is -0.149. The molecule has 1 saturated heterocycles. The first-order valence-electron chi connectivity index (χ1n) is 5.66. The van der Waals surface area contributed by atoms with Crippen LogP contribution in [0.3, 0.4) is 0 Å². The first kappa shape index (κ1) is 12.7. The molecule has 0 saturated carbocycles. The second-order valence-corrected chi connectivity index (χ2v) is 5.75. The van der Waals surface area contributed by atoms with E-state index in [9.17, 15) is 9.90 Å². The Morgan fingerprint density at radius 2 is 2.00 bits per heavy atom. The average molecular weight is 213 g/mol. The van der Waals surface area contributed by atoms with E-state index in [0.29, 0.717) is 6.42 Å². The fourth-order valence-corrected chi connectivity index (χ4v) is 2.26. The molecule has 1 N–H and O–H groups in total. The van der Waals surface area contributed by atoms with E-state index in [1.165, 1.54) is 6.92 Å². The van der Waals surface area contributed by atoms with Gasteiger partial charge in [0.2, 0.25) is 0 Å². The summed E-state index contributed by atoms with van der Waals surface area (Å²) in [5.74, 6) is -0.0773. The van der Waals surface area contributed by atoms with Crippen molar-refractivity contribution in [3.8, 4) is 0 Å². The van der Waals surface area contributed by atoms with E-state index in [4.69, 9.17) is 0 Å². The summed E-state index contributed by atoms with van der Waals surface area (Å²) in [7, 11) is 0. The van der Waals surface area contributed by atoms with Crippen LogP contribution in [0.4, 0.5) is 0 Å². The standard InChI is InChI=1S/C12H23NO2/c1-9-8-13(11(3,4)5)7-6-12(9,15)10(2)14/h9,15H,6-8H2,1-5H3. The van der Waals surface area contributed by atoms with Crippen LogP contribution in [0.1, 0.15) is 41.0 Å². The van der Waals surface area contributed by atoms with Crippen LogP contribution in [-0.2, 0) is 4.79 Å². The second-order valence-electron chi connectivity index (χ2n) is 5.75. The van der Waals surface area contributed by atoms with Crippen molar-refractivity contribution in [2.45, 2.75) is 52.2 Å². The van der Waals surface area contributed by atoms with Crippen molar-refractivity contribution in [1.82, 2.24) is 4.90 Å². The minimum absolute atomic E-state index is 0.0166. The summed E-state index contributed by atoms with van der Waals surface area (Å²) in [5, 5.41) is 10.2. The Balaban J connectivity index is 2.75. The molecule has 88 valence electrons. The Morgan fingerprint density at radius 1 is 1.47 bits per heavy atom. The highest BCUT2D eigenvalue weighted by Crippen LogP contribution is 2.31. The Morgan fingerprint density at radius 3 is 2.33 bits per heavy atom. The number of Topliss-reactive ketones (excluding diaryl/α,β-unsaturated/α-hetero) is 1. The Hall–Kier alpha value is -0.410. The smallest absolute Gasteiger partial charge is 0.161 e. The Bertz CT molecular complexity index is 257. The molecule has 0 aromatic carbocycles. The number of ketones is 1. The van der Waals surface area contributed by atoms with Gasteiger partial charge in [0.1, 0.15) is 5.60 Å². The molecule has 0 aromatic heterocycles. The number of likely N-dealkylation sites (tertiary alicyclic amines) is 1. The molecule has 1 rings (SSSR count). The second kappa shape index (κ2) is 3.87. The number of carbonyl (C=O) groups excluding carboxylic acids is 1. The third-order valence-electron chi connectivity index (χ3n) is 3.63. The maximum Gasteiger partial charge on any atom is 0.161 e. The van der Waals surface area contributed by atoms with Crippen molar-refractivity contribution < 1.29 is 9.90 Å². The molecule has 0 spiro atoms. The van der Waals surface area contributed by atoms with E-state index in [-0.39, 0.29) is 17.2 Å². The van der Waals surface area contributed by atoms with Gasteiger partial charge in [0, 0.05) is 24.5 Å². The number of nitrogens with zero attached hydrogens (tertiary/aromatic N) is 1. The molecule has 0 aromatic rings. The number of hydrogen-bond donors (Lipinski definition) is 1. The van der Waals surface area contributed by atoms with Gasteiger partial charge in [0.15, 0.2) is 5.78 Å². The highest BCUT2D eigenvalue weighted by atomic mass is 16.3. The molecule has 15 heavy (non-hydrogen) atoms. The number of aliphatic hydroxyl groups is 1. The van der Waals surface area contributed by atoms with Gasteiger partial charge >= 0.3 is 0 Å². The van der Waals surface area contributed by atoms with Crippen LogP contribution in [-0.4, -0.2) is 40.0 Å². The number of carbonyl (C=O) groups is 1. The summed E-state index contributed by atoms with van der Waals surface area (Å²) in [6.07, 6.45) is 0.556. The van der Waals surface area contributed by atoms with Crippen LogP contribution in [0.15, 0.2) is 0 Å². The van der Waals surface area contributed by atoms with Crippen molar-refractivity contribution >= 4 is 5.78 Å². The number of hydrogen-bond acceptors (Lipinski definition) is 3. The SMILES string of the molecule is CC(=O)C1(O)CCN(C(C)(C)C)CC1C. The largest absolute Gasteiger partial charge is 0.382 e. The minimum atomic E-state index is -1.10. The molecular weight excluding hydrogens is 190 g/mol. The molecule has 2 unspecified atom stereocenters. The van der Waals surface area contributed by atoms with Gasteiger partial charge in [-0.05, 0) is 34.1 Å². The summed E-state index contributed by atoms with van der Waals surface area (Å²) >= 11 is 0. The van der Waals surface area contributed by atoms with Crippen LogP contribution in [0.5, 0.6) is 0 Å². The zero-order chi connectivity index (χ0) is 11.9. The zero-order valence-electron chi connectivity index (χ0n) is 10.5. The molecule has 0 radical (unpaired) electrons.